The van der Waals surface area contributed by atoms with Gasteiger partial charge >= 0.3 is 0 Å². The molecule has 0 aliphatic heterocycles. The van der Waals surface area contributed by atoms with Crippen LogP contribution in [0.15, 0.2) is 0 Å². The van der Waals surface area contributed by atoms with Gasteiger partial charge in [0.1, 0.15) is 0 Å². The lowest BCUT2D eigenvalue weighted by Crippen LogP contribution is -2.65. The summed E-state index contributed by atoms with van der Waals surface area (Å²) in [6, 6.07) is 2.79. The van der Waals surface area contributed by atoms with Crippen molar-refractivity contribution >= 4 is 8.40 Å². The average molecular weight is 244 g/mol. The molecule has 0 aliphatic carbocycles. The molecule has 0 spiro atoms. The fraction of sp³-hybridized carbons (Fsp3) is 1.00. The lowest BCUT2D eigenvalue weighted by Gasteiger charge is -2.48. The molecule has 3 heteroatoms. The highest BCUT2D eigenvalue weighted by molar-refractivity contribution is 6.74. The molecule has 0 unspecified atom stereocenters. The van der Waals surface area contributed by atoms with E-state index >= 15 is 0 Å². The minimum Gasteiger partial charge on any atom is -0.312 e. The first-order valence-electron chi connectivity index (χ1n) is 7.16. The minimum atomic E-state index is -1.36. The van der Waals surface area contributed by atoms with E-state index in [0.29, 0.717) is 0 Å². The number of hydrogen-bond donors (Lipinski definition) is 0. The van der Waals surface area contributed by atoms with E-state index in [2.05, 4.69) is 50.7 Å². The Balaban J connectivity index is 5.08. The van der Waals surface area contributed by atoms with Crippen molar-refractivity contribution in [1.29, 1.82) is 0 Å². The van der Waals surface area contributed by atoms with E-state index in [1.807, 2.05) is 0 Å². The fourth-order valence-electron chi connectivity index (χ4n) is 3.17. The van der Waals surface area contributed by atoms with Crippen LogP contribution < -0.4 is 0 Å². The van der Waals surface area contributed by atoms with Crippen molar-refractivity contribution in [2.24, 2.45) is 0 Å². The van der Waals surface area contributed by atoms with Gasteiger partial charge in [0.25, 0.3) is 0 Å². The highest BCUT2D eigenvalue weighted by Crippen LogP contribution is 2.26. The summed E-state index contributed by atoms with van der Waals surface area (Å²) in [6.45, 7) is 18.9. The predicted molar refractivity (Wildman–Crippen MR) is 77.2 cm³/mol. The predicted octanol–water partition coefficient (Wildman–Crippen LogP) is 3.54. The summed E-state index contributed by atoms with van der Waals surface area (Å²) in [5.74, 6) is 0. The molecular formula is C13H32N2Si. The first-order valence-corrected chi connectivity index (χ1v) is 9.47. The van der Waals surface area contributed by atoms with Crippen LogP contribution in [0.2, 0.25) is 12.1 Å². The van der Waals surface area contributed by atoms with Gasteiger partial charge in [-0.15, -0.1) is 0 Å². The summed E-state index contributed by atoms with van der Waals surface area (Å²) in [5.41, 5.74) is 0. The van der Waals surface area contributed by atoms with Gasteiger partial charge in [-0.1, -0.05) is 48.0 Å². The van der Waals surface area contributed by atoms with Crippen LogP contribution in [0.5, 0.6) is 0 Å². The van der Waals surface area contributed by atoms with Crippen molar-refractivity contribution in [3.8, 4) is 0 Å². The van der Waals surface area contributed by atoms with Crippen molar-refractivity contribution < 1.29 is 0 Å². The third kappa shape index (κ3) is 3.31. The third-order valence-electron chi connectivity index (χ3n) is 3.92. The average Bonchev–Trinajstić information content (AvgIpc) is 2.31. The molecule has 0 fully saturated rings. The highest BCUT2D eigenvalue weighted by Gasteiger charge is 2.40. The summed E-state index contributed by atoms with van der Waals surface area (Å²) in [5, 5.41) is 0. The Morgan fingerprint density at radius 3 is 1.25 bits per heavy atom. The van der Waals surface area contributed by atoms with Crippen molar-refractivity contribution in [3.05, 3.63) is 0 Å². The van der Waals surface area contributed by atoms with Crippen LogP contribution in [0.1, 0.15) is 48.0 Å². The van der Waals surface area contributed by atoms with Crippen LogP contribution in [0.4, 0.5) is 0 Å². The topological polar surface area (TPSA) is 6.48 Å². The summed E-state index contributed by atoms with van der Waals surface area (Å²) < 4.78 is 5.56. The van der Waals surface area contributed by atoms with E-state index in [1.54, 1.807) is 0 Å². The van der Waals surface area contributed by atoms with E-state index in [0.717, 1.165) is 0 Å². The van der Waals surface area contributed by atoms with Crippen molar-refractivity contribution in [1.82, 2.24) is 9.13 Å². The Bertz CT molecular complexity index is 153. The normalized spacial score (nSPS) is 12.8. The zero-order valence-electron chi connectivity index (χ0n) is 12.3. The molecule has 98 valence electrons. The van der Waals surface area contributed by atoms with E-state index in [9.17, 15) is 0 Å². The molecule has 0 aromatic rings. The van der Waals surface area contributed by atoms with Crippen molar-refractivity contribution in [2.45, 2.75) is 60.1 Å². The maximum Gasteiger partial charge on any atom is 0.206 e. The first kappa shape index (κ1) is 16.1. The van der Waals surface area contributed by atoms with Crippen molar-refractivity contribution in [2.75, 3.05) is 26.2 Å². The Morgan fingerprint density at radius 1 is 0.688 bits per heavy atom. The number of nitrogens with zero attached hydrogens (tertiary/aromatic N) is 2. The van der Waals surface area contributed by atoms with Crippen molar-refractivity contribution in [3.63, 3.8) is 0 Å². The van der Waals surface area contributed by atoms with Gasteiger partial charge in [-0.2, -0.15) is 0 Å². The maximum absolute atomic E-state index is 2.78. The lowest BCUT2D eigenvalue weighted by atomic mass is 10.6. The SMILES string of the molecule is CCC[Si](CC)(N(CC)CC)N(CC)CC. The first-order chi connectivity index (χ1) is 7.66. The summed E-state index contributed by atoms with van der Waals surface area (Å²) in [4.78, 5) is 0. The second-order valence-corrected chi connectivity index (χ2v) is 8.87. The second-order valence-electron chi connectivity index (χ2n) is 4.43. The lowest BCUT2D eigenvalue weighted by molar-refractivity contribution is 0.347. The molecular weight excluding hydrogens is 212 g/mol. The van der Waals surface area contributed by atoms with Gasteiger partial charge < -0.3 is 9.13 Å². The molecule has 0 aliphatic rings. The van der Waals surface area contributed by atoms with Crippen LogP contribution in [-0.2, 0) is 0 Å². The second kappa shape index (κ2) is 8.26. The van der Waals surface area contributed by atoms with Gasteiger partial charge in [0, 0.05) is 0 Å². The third-order valence-corrected chi connectivity index (χ3v) is 9.97. The molecule has 0 radical (unpaired) electrons. The molecule has 0 atom stereocenters. The number of hydrogen-bond acceptors (Lipinski definition) is 2. The smallest absolute Gasteiger partial charge is 0.206 e. The van der Waals surface area contributed by atoms with Crippen LogP contribution in [0, 0.1) is 0 Å². The quantitative estimate of drug-likeness (QED) is 0.572. The molecule has 0 heterocycles. The molecule has 0 aromatic heterocycles. The molecule has 16 heavy (non-hydrogen) atoms. The monoisotopic (exact) mass is 244 g/mol. The Labute approximate surface area is 104 Å². The summed E-state index contributed by atoms with van der Waals surface area (Å²) in [6.07, 6.45) is 1.33. The number of rotatable bonds is 9. The molecule has 0 rings (SSSR count). The van der Waals surface area contributed by atoms with Gasteiger partial charge in [0.2, 0.25) is 8.40 Å². The minimum absolute atomic E-state index is 1.22. The molecule has 0 N–H and O–H groups in total. The standard InChI is InChI=1S/C13H32N2Si/c1-7-13-16(12-6,14(8-2)9-3)15(10-4)11-5/h7-13H2,1-6H3. The molecule has 0 saturated heterocycles. The molecule has 0 amide bonds. The van der Waals surface area contributed by atoms with Crippen LogP contribution in [0.3, 0.4) is 0 Å². The fourth-order valence-corrected chi connectivity index (χ4v) is 8.60. The zero-order valence-corrected chi connectivity index (χ0v) is 13.3. The summed E-state index contributed by atoms with van der Waals surface area (Å²) in [7, 11) is -1.36. The van der Waals surface area contributed by atoms with Gasteiger partial charge in [-0.25, -0.2) is 0 Å². The molecule has 0 saturated carbocycles. The van der Waals surface area contributed by atoms with E-state index in [-0.39, 0.29) is 0 Å². The maximum atomic E-state index is 2.78. The van der Waals surface area contributed by atoms with E-state index in [1.165, 1.54) is 44.7 Å². The highest BCUT2D eigenvalue weighted by atomic mass is 28.3. The Kier molecular flexibility index (Phi) is 8.33. The summed E-state index contributed by atoms with van der Waals surface area (Å²) >= 11 is 0. The molecule has 2 nitrogen and oxygen atoms in total. The molecule has 0 bridgehead atoms. The molecule has 0 aromatic carbocycles. The largest absolute Gasteiger partial charge is 0.312 e. The van der Waals surface area contributed by atoms with Gasteiger partial charge in [-0.05, 0) is 38.3 Å². The van der Waals surface area contributed by atoms with E-state index in [4.69, 9.17) is 0 Å². The Hall–Kier alpha value is 0.137. The van der Waals surface area contributed by atoms with Crippen LogP contribution >= 0.6 is 0 Å². The Morgan fingerprint density at radius 2 is 1.06 bits per heavy atom. The van der Waals surface area contributed by atoms with Gasteiger partial charge in [0.15, 0.2) is 0 Å². The van der Waals surface area contributed by atoms with Gasteiger partial charge in [-0.3, -0.25) is 0 Å². The van der Waals surface area contributed by atoms with Crippen LogP contribution in [0.25, 0.3) is 0 Å². The van der Waals surface area contributed by atoms with Gasteiger partial charge in [0.05, 0.1) is 0 Å². The van der Waals surface area contributed by atoms with E-state index < -0.39 is 8.40 Å². The zero-order chi connectivity index (χ0) is 12.6. The van der Waals surface area contributed by atoms with Crippen LogP contribution in [-0.4, -0.2) is 43.7 Å².